The SMILES string of the molecule is CCC1Oc2ccc(S(=O)(=O)NC(=O)c3cccs3)cc2NC1=O. The molecule has 1 aromatic carbocycles. The van der Waals surface area contributed by atoms with E-state index in [0.717, 1.165) is 11.3 Å². The predicted octanol–water partition coefficient (Wildman–Crippen LogP) is 1.98. The quantitative estimate of drug-likeness (QED) is 0.861. The first kappa shape index (κ1) is 16.5. The van der Waals surface area contributed by atoms with Gasteiger partial charge in [-0.3, -0.25) is 9.59 Å². The Morgan fingerprint density at radius 1 is 1.38 bits per heavy atom. The molecule has 2 aromatic rings. The van der Waals surface area contributed by atoms with Crippen molar-refractivity contribution in [1.29, 1.82) is 0 Å². The van der Waals surface area contributed by atoms with Crippen LogP contribution in [0, 0.1) is 0 Å². The summed E-state index contributed by atoms with van der Waals surface area (Å²) in [5.41, 5.74) is 0.260. The zero-order valence-corrected chi connectivity index (χ0v) is 14.2. The van der Waals surface area contributed by atoms with Crippen LogP contribution >= 0.6 is 11.3 Å². The zero-order chi connectivity index (χ0) is 17.3. The molecule has 2 amide bonds. The molecule has 126 valence electrons. The van der Waals surface area contributed by atoms with E-state index < -0.39 is 22.0 Å². The molecule has 2 heterocycles. The van der Waals surface area contributed by atoms with Gasteiger partial charge in [0, 0.05) is 0 Å². The third-order valence-electron chi connectivity index (χ3n) is 3.42. The standard InChI is InChI=1S/C15H14N2O5S2/c1-2-11-14(18)16-10-8-9(5-6-12(10)22-11)24(20,21)17-15(19)13-4-3-7-23-13/h3-8,11H,2H2,1H3,(H,16,18)(H,17,19). The maximum atomic E-state index is 12.3. The van der Waals surface area contributed by atoms with Crippen LogP contribution in [0.5, 0.6) is 5.75 Å². The number of sulfonamides is 1. The Bertz CT molecular complexity index is 891. The number of carbonyl (C=O) groups excluding carboxylic acids is 2. The number of hydrogen-bond acceptors (Lipinski definition) is 6. The van der Waals surface area contributed by atoms with E-state index in [2.05, 4.69) is 5.32 Å². The molecule has 0 bridgehead atoms. The van der Waals surface area contributed by atoms with E-state index >= 15 is 0 Å². The molecule has 1 unspecified atom stereocenters. The maximum absolute atomic E-state index is 12.3. The van der Waals surface area contributed by atoms with Gasteiger partial charge in [-0.2, -0.15) is 0 Å². The van der Waals surface area contributed by atoms with Crippen LogP contribution in [-0.4, -0.2) is 26.3 Å². The molecule has 1 aliphatic heterocycles. The Labute approximate surface area is 142 Å². The molecule has 0 radical (unpaired) electrons. The maximum Gasteiger partial charge on any atom is 0.275 e. The summed E-state index contributed by atoms with van der Waals surface area (Å²) < 4.78 is 32.2. The van der Waals surface area contributed by atoms with Crippen LogP contribution in [0.4, 0.5) is 5.69 Å². The summed E-state index contributed by atoms with van der Waals surface area (Å²) in [5, 5.41) is 4.29. The van der Waals surface area contributed by atoms with Gasteiger partial charge in [-0.25, -0.2) is 13.1 Å². The Balaban J connectivity index is 1.86. The highest BCUT2D eigenvalue weighted by atomic mass is 32.2. The number of nitrogens with one attached hydrogen (secondary N) is 2. The molecule has 0 saturated carbocycles. The molecule has 9 heteroatoms. The monoisotopic (exact) mass is 366 g/mol. The van der Waals surface area contributed by atoms with E-state index in [0.29, 0.717) is 17.0 Å². The number of ether oxygens (including phenoxy) is 1. The lowest BCUT2D eigenvalue weighted by atomic mass is 10.2. The Kier molecular flexibility index (Phi) is 4.29. The number of benzene rings is 1. The number of carbonyl (C=O) groups is 2. The largest absolute Gasteiger partial charge is 0.478 e. The number of fused-ring (bicyclic) bond motifs is 1. The highest BCUT2D eigenvalue weighted by Crippen LogP contribution is 2.32. The lowest BCUT2D eigenvalue weighted by Crippen LogP contribution is -2.36. The van der Waals surface area contributed by atoms with Gasteiger partial charge in [-0.15, -0.1) is 11.3 Å². The summed E-state index contributed by atoms with van der Waals surface area (Å²) in [5.74, 6) is -0.638. The van der Waals surface area contributed by atoms with Crippen molar-refractivity contribution >= 4 is 38.9 Å². The molecule has 24 heavy (non-hydrogen) atoms. The summed E-state index contributed by atoms with van der Waals surface area (Å²) in [6.07, 6.45) is -0.0964. The minimum absolute atomic E-state index is 0.134. The van der Waals surface area contributed by atoms with E-state index in [4.69, 9.17) is 4.74 Å². The fourth-order valence-corrected chi connectivity index (χ4v) is 3.88. The lowest BCUT2D eigenvalue weighted by Gasteiger charge is -2.25. The van der Waals surface area contributed by atoms with Crippen molar-refractivity contribution in [2.45, 2.75) is 24.3 Å². The smallest absolute Gasteiger partial charge is 0.275 e. The molecule has 2 N–H and O–H groups in total. The first-order valence-corrected chi connectivity index (χ1v) is 9.49. The second-order valence-electron chi connectivity index (χ2n) is 5.07. The van der Waals surface area contributed by atoms with Crippen molar-refractivity contribution in [3.05, 3.63) is 40.6 Å². The fourth-order valence-electron chi connectivity index (χ4n) is 2.20. The average molecular weight is 366 g/mol. The van der Waals surface area contributed by atoms with E-state index in [1.54, 1.807) is 11.4 Å². The van der Waals surface area contributed by atoms with Gasteiger partial charge < -0.3 is 10.1 Å². The van der Waals surface area contributed by atoms with Crippen LogP contribution in [0.15, 0.2) is 40.6 Å². The third-order valence-corrected chi connectivity index (χ3v) is 5.62. The first-order chi connectivity index (χ1) is 11.4. The number of anilines is 1. The average Bonchev–Trinajstić information content (AvgIpc) is 3.07. The van der Waals surface area contributed by atoms with Gasteiger partial charge in [0.2, 0.25) is 0 Å². The van der Waals surface area contributed by atoms with Crippen molar-refractivity contribution in [3.8, 4) is 5.75 Å². The van der Waals surface area contributed by atoms with E-state index in [-0.39, 0.29) is 16.5 Å². The zero-order valence-electron chi connectivity index (χ0n) is 12.6. The molecular weight excluding hydrogens is 352 g/mol. The summed E-state index contributed by atoms with van der Waals surface area (Å²) in [7, 11) is -4.06. The van der Waals surface area contributed by atoms with Gasteiger partial charge in [0.25, 0.3) is 21.8 Å². The van der Waals surface area contributed by atoms with Crippen molar-refractivity contribution < 1.29 is 22.7 Å². The van der Waals surface area contributed by atoms with Crippen molar-refractivity contribution in [2.24, 2.45) is 0 Å². The number of hydrogen-bond donors (Lipinski definition) is 2. The van der Waals surface area contributed by atoms with Crippen LogP contribution in [0.25, 0.3) is 0 Å². The van der Waals surface area contributed by atoms with Crippen LogP contribution < -0.4 is 14.8 Å². The molecule has 0 aliphatic carbocycles. The fraction of sp³-hybridized carbons (Fsp3) is 0.200. The molecule has 1 aromatic heterocycles. The molecular formula is C15H14N2O5S2. The van der Waals surface area contributed by atoms with Gasteiger partial charge in [0.1, 0.15) is 5.75 Å². The summed E-state index contributed by atoms with van der Waals surface area (Å²) >= 11 is 1.14. The highest BCUT2D eigenvalue weighted by molar-refractivity contribution is 7.90. The molecule has 3 rings (SSSR count). The lowest BCUT2D eigenvalue weighted by molar-refractivity contribution is -0.123. The van der Waals surface area contributed by atoms with Gasteiger partial charge in [-0.1, -0.05) is 13.0 Å². The van der Waals surface area contributed by atoms with Crippen molar-refractivity contribution in [3.63, 3.8) is 0 Å². The second kappa shape index (κ2) is 6.25. The van der Waals surface area contributed by atoms with Crippen molar-refractivity contribution in [1.82, 2.24) is 4.72 Å². The van der Waals surface area contributed by atoms with Gasteiger partial charge in [0.15, 0.2) is 6.10 Å². The van der Waals surface area contributed by atoms with Crippen LogP contribution in [0.2, 0.25) is 0 Å². The van der Waals surface area contributed by atoms with Crippen LogP contribution in [0.1, 0.15) is 23.0 Å². The first-order valence-electron chi connectivity index (χ1n) is 7.13. The molecule has 7 nitrogen and oxygen atoms in total. The predicted molar refractivity (Wildman–Crippen MR) is 88.7 cm³/mol. The Hall–Kier alpha value is -2.39. The number of thiophene rings is 1. The Morgan fingerprint density at radius 3 is 2.83 bits per heavy atom. The van der Waals surface area contributed by atoms with Gasteiger partial charge in [-0.05, 0) is 36.1 Å². The summed E-state index contributed by atoms with van der Waals surface area (Å²) in [6, 6.07) is 7.24. The molecule has 1 aliphatic rings. The molecule has 0 saturated heterocycles. The van der Waals surface area contributed by atoms with Crippen LogP contribution in [-0.2, 0) is 14.8 Å². The van der Waals surface area contributed by atoms with E-state index in [1.807, 2.05) is 11.6 Å². The topological polar surface area (TPSA) is 102 Å². The van der Waals surface area contributed by atoms with Crippen LogP contribution in [0.3, 0.4) is 0 Å². The highest BCUT2D eigenvalue weighted by Gasteiger charge is 2.28. The van der Waals surface area contributed by atoms with E-state index in [9.17, 15) is 18.0 Å². The second-order valence-corrected chi connectivity index (χ2v) is 7.70. The molecule has 1 atom stereocenters. The number of rotatable bonds is 4. The normalized spacial score (nSPS) is 16.7. The Morgan fingerprint density at radius 2 is 2.17 bits per heavy atom. The summed E-state index contributed by atoms with van der Waals surface area (Å²) in [6.45, 7) is 1.81. The minimum Gasteiger partial charge on any atom is -0.478 e. The molecule has 0 fully saturated rings. The van der Waals surface area contributed by atoms with Gasteiger partial charge >= 0.3 is 0 Å². The third kappa shape index (κ3) is 3.13. The number of amides is 2. The van der Waals surface area contributed by atoms with E-state index in [1.165, 1.54) is 24.3 Å². The summed E-state index contributed by atoms with van der Waals surface area (Å²) in [4.78, 5) is 23.9. The minimum atomic E-state index is -4.06. The molecule has 0 spiro atoms. The van der Waals surface area contributed by atoms with Gasteiger partial charge in [0.05, 0.1) is 15.5 Å². The van der Waals surface area contributed by atoms with Crippen molar-refractivity contribution in [2.75, 3.05) is 5.32 Å².